The third kappa shape index (κ3) is 6.67. The molecule has 0 bridgehead atoms. The van der Waals surface area contributed by atoms with Gasteiger partial charge in [-0.2, -0.15) is 0 Å². The van der Waals surface area contributed by atoms with Gasteiger partial charge in [0.2, 0.25) is 0 Å². The van der Waals surface area contributed by atoms with E-state index in [4.69, 9.17) is 20.8 Å². The average molecular weight is 502 g/mol. The number of benzene rings is 3. The van der Waals surface area contributed by atoms with E-state index in [1.165, 1.54) is 18.2 Å². The van der Waals surface area contributed by atoms with Gasteiger partial charge in [0.15, 0.2) is 5.76 Å². The van der Waals surface area contributed by atoms with Crippen LogP contribution < -0.4 is 10.1 Å². The van der Waals surface area contributed by atoms with Gasteiger partial charge in [-0.1, -0.05) is 49.7 Å². The van der Waals surface area contributed by atoms with Crippen LogP contribution in [0.15, 0.2) is 77.2 Å². The third-order valence-electron chi connectivity index (χ3n) is 4.81. The van der Waals surface area contributed by atoms with Crippen molar-refractivity contribution in [2.45, 2.75) is 26.9 Å². The minimum Gasteiger partial charge on any atom is -0.488 e. The molecule has 182 valence electrons. The highest BCUT2D eigenvalue weighted by Gasteiger charge is 2.17. The summed E-state index contributed by atoms with van der Waals surface area (Å²) in [7, 11) is 0. The van der Waals surface area contributed by atoms with E-state index >= 15 is 0 Å². The number of anilines is 1. The molecule has 1 heterocycles. The van der Waals surface area contributed by atoms with Gasteiger partial charge in [-0.3, -0.25) is 4.79 Å². The van der Waals surface area contributed by atoms with Crippen LogP contribution >= 0.6 is 11.6 Å². The third-order valence-corrected chi connectivity index (χ3v) is 5.05. The molecule has 0 saturated carbocycles. The first kappa shape index (κ1) is 25.9. The molecule has 1 aromatic heterocycles. The first-order valence-corrected chi connectivity index (χ1v) is 11.3. The Bertz CT molecular complexity index is 1290. The predicted molar refractivity (Wildman–Crippen MR) is 129 cm³/mol. The van der Waals surface area contributed by atoms with Gasteiger partial charge in [-0.15, -0.1) is 0 Å². The summed E-state index contributed by atoms with van der Waals surface area (Å²) >= 11 is 6.12. The number of hydrogen-bond donors (Lipinski definition) is 1. The summed E-state index contributed by atoms with van der Waals surface area (Å²) in [4.78, 5) is 12.4. The van der Waals surface area contributed by atoms with E-state index in [0.29, 0.717) is 27.7 Å². The number of rotatable bonds is 7. The number of hydrogen-bond acceptors (Lipinski definition) is 3. The highest BCUT2D eigenvalue weighted by molar-refractivity contribution is 6.30. The quantitative estimate of drug-likeness (QED) is 0.281. The van der Waals surface area contributed by atoms with Crippen LogP contribution in [0.2, 0.25) is 5.02 Å². The molecule has 4 rings (SSSR count). The number of carbonyl (C=O) groups is 1. The zero-order valence-corrected chi connectivity index (χ0v) is 19.8. The number of ether oxygens (including phenoxy) is 1. The topological polar surface area (TPSA) is 51.5 Å². The predicted octanol–water partition coefficient (Wildman–Crippen LogP) is 7.80. The Hall–Kier alpha value is -3.71. The molecule has 3 aromatic carbocycles. The van der Waals surface area contributed by atoms with Crippen LogP contribution in [-0.2, 0) is 13.0 Å². The van der Waals surface area contributed by atoms with Crippen LogP contribution in [-0.4, -0.2) is 5.91 Å². The average Bonchev–Trinajstić information content (AvgIpc) is 3.32. The van der Waals surface area contributed by atoms with Crippen LogP contribution in [0.4, 0.5) is 18.9 Å². The van der Waals surface area contributed by atoms with E-state index in [-0.39, 0.29) is 24.6 Å². The molecule has 8 heteroatoms. The zero-order chi connectivity index (χ0) is 25.4. The van der Waals surface area contributed by atoms with Crippen molar-refractivity contribution >= 4 is 23.2 Å². The van der Waals surface area contributed by atoms with Crippen LogP contribution in [0.3, 0.4) is 0 Å². The van der Waals surface area contributed by atoms with E-state index in [2.05, 4.69) is 5.32 Å². The fourth-order valence-corrected chi connectivity index (χ4v) is 3.37. The second-order valence-corrected chi connectivity index (χ2v) is 7.56. The van der Waals surface area contributed by atoms with E-state index in [9.17, 15) is 18.0 Å². The van der Waals surface area contributed by atoms with Crippen LogP contribution in [0.25, 0.3) is 0 Å². The highest BCUT2D eigenvalue weighted by Crippen LogP contribution is 2.28. The number of carbonyl (C=O) groups excluding carboxylic acids is 1. The van der Waals surface area contributed by atoms with Gasteiger partial charge in [0.05, 0.1) is 0 Å². The monoisotopic (exact) mass is 501 g/mol. The fourth-order valence-electron chi connectivity index (χ4n) is 3.17. The molecular formula is C27H23ClF3NO3. The van der Waals surface area contributed by atoms with Crippen molar-refractivity contribution in [1.29, 1.82) is 0 Å². The number of nitrogens with one attached hydrogen (secondary N) is 1. The lowest BCUT2D eigenvalue weighted by Crippen LogP contribution is -2.13. The standard InChI is InChI=1S/C25H17ClF3NO3.C2H6/c26-17-8-10-22(32-14-15-4-1-2-5-19(15)27)16(12-17)13-18-9-11-23(33-18)25(31)30-24-20(28)6-3-7-21(24)29;1-2/h1-12H,13-14H2,(H,30,31);1-2H3. The molecular weight excluding hydrogens is 479 g/mol. The minimum absolute atomic E-state index is 0.0152. The summed E-state index contributed by atoms with van der Waals surface area (Å²) in [6.07, 6.45) is 0.217. The maximum Gasteiger partial charge on any atom is 0.291 e. The van der Waals surface area contributed by atoms with E-state index in [1.54, 1.807) is 42.5 Å². The Morgan fingerprint density at radius 1 is 0.886 bits per heavy atom. The fraction of sp³-hybridized carbons (Fsp3) is 0.148. The molecule has 4 nitrogen and oxygen atoms in total. The van der Waals surface area contributed by atoms with Crippen molar-refractivity contribution in [3.8, 4) is 5.75 Å². The first-order chi connectivity index (χ1) is 16.9. The minimum atomic E-state index is -0.897. The van der Waals surface area contributed by atoms with Crippen molar-refractivity contribution in [2.75, 3.05) is 5.32 Å². The summed E-state index contributed by atoms with van der Waals surface area (Å²) < 4.78 is 52.8. The maximum absolute atomic E-state index is 13.9. The molecule has 0 aliphatic heterocycles. The van der Waals surface area contributed by atoms with E-state index in [1.807, 2.05) is 13.8 Å². The Balaban J connectivity index is 0.00000167. The van der Waals surface area contributed by atoms with Crippen LogP contribution in [0.1, 0.15) is 41.3 Å². The molecule has 0 aliphatic carbocycles. The number of amides is 1. The van der Waals surface area contributed by atoms with E-state index in [0.717, 1.165) is 12.1 Å². The number of furan rings is 1. The smallest absolute Gasteiger partial charge is 0.291 e. The molecule has 4 aromatic rings. The van der Waals surface area contributed by atoms with Crippen molar-refractivity contribution in [2.24, 2.45) is 0 Å². The summed E-state index contributed by atoms with van der Waals surface area (Å²) in [5.41, 5.74) is 0.496. The normalized spacial score (nSPS) is 10.3. The first-order valence-electron chi connectivity index (χ1n) is 10.9. The summed E-state index contributed by atoms with van der Waals surface area (Å²) in [5, 5.41) is 2.63. The molecule has 0 aliphatic rings. The largest absolute Gasteiger partial charge is 0.488 e. The van der Waals surface area contributed by atoms with Gasteiger partial charge in [0, 0.05) is 22.6 Å². The second kappa shape index (κ2) is 12.1. The Labute approximate surface area is 206 Å². The van der Waals surface area contributed by atoms with Gasteiger partial charge in [0.25, 0.3) is 5.91 Å². The molecule has 1 amide bonds. The molecule has 35 heavy (non-hydrogen) atoms. The summed E-state index contributed by atoms with van der Waals surface area (Å²) in [6.45, 7) is 4.02. The van der Waals surface area contributed by atoms with Gasteiger partial charge in [-0.25, -0.2) is 13.2 Å². The Kier molecular flexibility index (Phi) is 8.98. The van der Waals surface area contributed by atoms with E-state index < -0.39 is 23.2 Å². The summed E-state index contributed by atoms with van der Waals surface area (Å²) in [6, 6.07) is 17.5. The van der Waals surface area contributed by atoms with Crippen molar-refractivity contribution in [1.82, 2.24) is 0 Å². The van der Waals surface area contributed by atoms with Crippen molar-refractivity contribution in [3.63, 3.8) is 0 Å². The second-order valence-electron chi connectivity index (χ2n) is 7.13. The lowest BCUT2D eigenvalue weighted by Gasteiger charge is -2.12. The van der Waals surface area contributed by atoms with Crippen molar-refractivity contribution < 1.29 is 27.1 Å². The molecule has 0 radical (unpaired) electrons. The lowest BCUT2D eigenvalue weighted by molar-refractivity contribution is 0.0994. The van der Waals surface area contributed by atoms with Crippen LogP contribution in [0.5, 0.6) is 5.75 Å². The number of halogens is 4. The molecule has 0 fully saturated rings. The van der Waals surface area contributed by atoms with Gasteiger partial charge >= 0.3 is 0 Å². The van der Waals surface area contributed by atoms with Gasteiger partial charge in [-0.05, 0) is 48.5 Å². The number of para-hydroxylation sites is 1. The van der Waals surface area contributed by atoms with Crippen molar-refractivity contribution in [3.05, 3.63) is 118 Å². The molecule has 1 N–H and O–H groups in total. The molecule has 0 saturated heterocycles. The zero-order valence-electron chi connectivity index (χ0n) is 19.1. The van der Waals surface area contributed by atoms with Gasteiger partial charge < -0.3 is 14.5 Å². The summed E-state index contributed by atoms with van der Waals surface area (Å²) in [5.74, 6) is -2.22. The molecule has 0 spiro atoms. The lowest BCUT2D eigenvalue weighted by atomic mass is 10.1. The highest BCUT2D eigenvalue weighted by atomic mass is 35.5. The maximum atomic E-state index is 13.9. The Morgan fingerprint density at radius 3 is 2.29 bits per heavy atom. The Morgan fingerprint density at radius 2 is 1.57 bits per heavy atom. The molecule has 0 unspecified atom stereocenters. The SMILES string of the molecule is CC.O=C(Nc1c(F)cccc1F)c1ccc(Cc2cc(Cl)ccc2OCc2ccccc2F)o1. The molecule has 0 atom stereocenters. The van der Waals surface area contributed by atoms with Gasteiger partial charge in [0.1, 0.15) is 41.3 Å². The van der Waals surface area contributed by atoms with Crippen LogP contribution in [0, 0.1) is 17.5 Å².